The molecule has 2 aromatic carbocycles. The average Bonchev–Trinajstić information content (AvgIpc) is 3.70. The van der Waals surface area contributed by atoms with Crippen molar-refractivity contribution in [3.63, 3.8) is 0 Å². The van der Waals surface area contributed by atoms with Crippen LogP contribution in [0.2, 0.25) is 5.02 Å². The van der Waals surface area contributed by atoms with E-state index in [0.29, 0.717) is 41.2 Å². The number of piperidine rings is 1. The van der Waals surface area contributed by atoms with E-state index in [9.17, 15) is 9.59 Å². The Kier molecular flexibility index (Phi) is 5.92. The quantitative estimate of drug-likeness (QED) is 0.479. The molecule has 1 unspecified atom stereocenters. The molecular formula is C28H26ClF2N3O3. The number of morpholine rings is 1. The molecule has 0 radical (unpaired) electrons. The fraction of sp³-hybridized carbons (Fsp3) is 0.393. The van der Waals surface area contributed by atoms with Crippen LogP contribution in [0.5, 0.6) is 0 Å². The van der Waals surface area contributed by atoms with Crippen molar-refractivity contribution >= 4 is 34.3 Å². The molecule has 2 aliphatic heterocycles. The van der Waals surface area contributed by atoms with E-state index >= 15 is 8.78 Å². The van der Waals surface area contributed by atoms with Gasteiger partial charge in [0.2, 0.25) is 11.8 Å². The van der Waals surface area contributed by atoms with Crippen molar-refractivity contribution < 1.29 is 23.1 Å². The minimum atomic E-state index is -0.740. The zero-order valence-corrected chi connectivity index (χ0v) is 21.2. The van der Waals surface area contributed by atoms with Crippen LogP contribution in [0.1, 0.15) is 36.8 Å². The van der Waals surface area contributed by atoms with Gasteiger partial charge in [-0.2, -0.15) is 0 Å². The minimum absolute atomic E-state index is 0.0268. The highest BCUT2D eigenvalue weighted by molar-refractivity contribution is 6.37. The molecule has 2 amide bonds. The maximum absolute atomic E-state index is 15.2. The number of rotatable bonds is 4. The molecule has 192 valence electrons. The van der Waals surface area contributed by atoms with Crippen LogP contribution < -0.4 is 0 Å². The number of carbonyl (C=O) groups excluding carboxylic acids is 2. The van der Waals surface area contributed by atoms with Crippen LogP contribution in [0.4, 0.5) is 8.78 Å². The number of fused-ring (bicyclic) bond motifs is 1. The van der Waals surface area contributed by atoms with Crippen LogP contribution in [-0.2, 0) is 20.9 Å². The number of hydrogen-bond donors (Lipinski definition) is 0. The third-order valence-electron chi connectivity index (χ3n) is 7.66. The number of carbonyl (C=O) groups is 2. The van der Waals surface area contributed by atoms with Gasteiger partial charge in [-0.1, -0.05) is 23.7 Å². The van der Waals surface area contributed by atoms with Crippen LogP contribution >= 0.6 is 11.6 Å². The fourth-order valence-electron chi connectivity index (χ4n) is 5.43. The number of aromatic nitrogens is 1. The van der Waals surface area contributed by atoms with Crippen LogP contribution in [-0.4, -0.2) is 57.9 Å². The van der Waals surface area contributed by atoms with E-state index in [1.807, 2.05) is 24.0 Å². The van der Waals surface area contributed by atoms with Gasteiger partial charge in [0.25, 0.3) is 0 Å². The smallest absolute Gasteiger partial charge is 0.248 e. The first-order valence-corrected chi connectivity index (χ1v) is 12.9. The monoisotopic (exact) mass is 525 g/mol. The zero-order valence-electron chi connectivity index (χ0n) is 20.4. The molecule has 1 aliphatic carbocycles. The molecule has 0 bridgehead atoms. The Hall–Kier alpha value is -3.10. The second-order valence-electron chi connectivity index (χ2n) is 10.4. The second-order valence-corrected chi connectivity index (χ2v) is 10.8. The summed E-state index contributed by atoms with van der Waals surface area (Å²) in [7, 11) is 0. The van der Waals surface area contributed by atoms with Gasteiger partial charge < -0.3 is 14.5 Å². The van der Waals surface area contributed by atoms with Gasteiger partial charge >= 0.3 is 0 Å². The Labute approximate surface area is 218 Å². The van der Waals surface area contributed by atoms with Crippen LogP contribution in [0, 0.1) is 18.6 Å². The zero-order chi connectivity index (χ0) is 25.9. The molecule has 3 aliphatic rings. The lowest BCUT2D eigenvalue weighted by Gasteiger charge is -2.46. The predicted octanol–water partition coefficient (Wildman–Crippen LogP) is 5.02. The standard InChI is InChI=1S/C28H26ClF2N3O3/c1-16-8-17-2-5-20(26(29)27(17)32-12-16)18-9-22(30)21(23(31)10-18)13-33-7-6-28(11-24(33)35)15-34(19-3-4-19)25(36)14-37-28/h2,5,8-10,12,19H,3-4,6-7,11,13-15H2,1H3. The van der Waals surface area contributed by atoms with Crippen LogP contribution in [0.25, 0.3) is 22.0 Å². The summed E-state index contributed by atoms with van der Waals surface area (Å²) in [5.74, 6) is -1.76. The first-order chi connectivity index (χ1) is 17.7. The van der Waals surface area contributed by atoms with Crippen molar-refractivity contribution in [2.24, 2.45) is 0 Å². The van der Waals surface area contributed by atoms with E-state index in [-0.39, 0.29) is 43.0 Å². The molecule has 2 saturated heterocycles. The number of hydrogen-bond acceptors (Lipinski definition) is 4. The summed E-state index contributed by atoms with van der Waals surface area (Å²) in [5, 5.41) is 1.17. The highest BCUT2D eigenvalue weighted by Crippen LogP contribution is 2.38. The summed E-state index contributed by atoms with van der Waals surface area (Å²) in [6.07, 6.45) is 4.26. The molecule has 37 heavy (non-hydrogen) atoms. The summed E-state index contributed by atoms with van der Waals surface area (Å²) in [6, 6.07) is 8.25. The highest BCUT2D eigenvalue weighted by atomic mass is 35.5. The highest BCUT2D eigenvalue weighted by Gasteiger charge is 2.48. The summed E-state index contributed by atoms with van der Waals surface area (Å²) in [6.45, 7) is 2.42. The molecule has 6 rings (SSSR count). The van der Waals surface area contributed by atoms with E-state index in [1.54, 1.807) is 12.3 Å². The Morgan fingerprint density at radius 1 is 1.14 bits per heavy atom. The Balaban J connectivity index is 1.21. The first kappa shape index (κ1) is 24.2. The van der Waals surface area contributed by atoms with Crippen LogP contribution in [0.3, 0.4) is 0 Å². The lowest BCUT2D eigenvalue weighted by atomic mass is 9.88. The number of amides is 2. The SMILES string of the molecule is Cc1cnc2c(Cl)c(-c3cc(F)c(CN4CCC5(CC4=O)CN(C4CC4)C(=O)CO5)c(F)c3)ccc2c1. The van der Waals surface area contributed by atoms with Gasteiger partial charge in [-0.05, 0) is 55.5 Å². The van der Waals surface area contributed by atoms with Gasteiger partial charge in [-0.25, -0.2) is 8.78 Å². The molecule has 1 atom stereocenters. The Morgan fingerprint density at radius 3 is 2.59 bits per heavy atom. The van der Waals surface area contributed by atoms with Crippen LogP contribution in [0.15, 0.2) is 36.5 Å². The summed E-state index contributed by atoms with van der Waals surface area (Å²) in [5.41, 5.74) is 1.45. The average molecular weight is 526 g/mol. The molecule has 3 aromatic rings. The van der Waals surface area contributed by atoms with E-state index in [1.165, 1.54) is 17.0 Å². The molecule has 3 heterocycles. The maximum Gasteiger partial charge on any atom is 0.248 e. The third kappa shape index (κ3) is 4.46. The van der Waals surface area contributed by atoms with Crippen molar-refractivity contribution in [3.8, 4) is 11.1 Å². The Morgan fingerprint density at radius 2 is 1.89 bits per heavy atom. The largest absolute Gasteiger partial charge is 0.363 e. The number of likely N-dealkylation sites (tertiary alicyclic amines) is 1. The van der Waals surface area contributed by atoms with E-state index in [4.69, 9.17) is 16.3 Å². The number of aryl methyl sites for hydroxylation is 1. The van der Waals surface area contributed by atoms with Gasteiger partial charge in [0.1, 0.15) is 18.2 Å². The van der Waals surface area contributed by atoms with Gasteiger partial charge in [-0.15, -0.1) is 0 Å². The van der Waals surface area contributed by atoms with Crippen molar-refractivity contribution in [2.45, 2.75) is 50.8 Å². The van der Waals surface area contributed by atoms with E-state index in [0.717, 1.165) is 23.8 Å². The second kappa shape index (κ2) is 9.03. The molecular weight excluding hydrogens is 500 g/mol. The normalized spacial score (nSPS) is 22.4. The van der Waals surface area contributed by atoms with E-state index < -0.39 is 17.2 Å². The van der Waals surface area contributed by atoms with Crippen molar-refractivity contribution in [1.82, 2.24) is 14.8 Å². The van der Waals surface area contributed by atoms with Gasteiger partial charge in [0, 0.05) is 35.3 Å². The summed E-state index contributed by atoms with van der Waals surface area (Å²) in [4.78, 5) is 32.9. The van der Waals surface area contributed by atoms with Crippen molar-refractivity contribution in [2.75, 3.05) is 19.7 Å². The van der Waals surface area contributed by atoms with Gasteiger partial charge in [-0.3, -0.25) is 14.6 Å². The third-order valence-corrected chi connectivity index (χ3v) is 8.04. The van der Waals surface area contributed by atoms with E-state index in [2.05, 4.69) is 4.98 Å². The molecule has 1 spiro atoms. The number of nitrogens with zero attached hydrogens (tertiary/aromatic N) is 3. The minimum Gasteiger partial charge on any atom is -0.363 e. The molecule has 1 aromatic heterocycles. The molecule has 1 saturated carbocycles. The van der Waals surface area contributed by atoms with Gasteiger partial charge in [0.05, 0.1) is 35.7 Å². The van der Waals surface area contributed by atoms with Gasteiger partial charge in [0.15, 0.2) is 0 Å². The van der Waals surface area contributed by atoms with Crippen molar-refractivity contribution in [1.29, 1.82) is 0 Å². The predicted molar refractivity (Wildman–Crippen MR) is 135 cm³/mol. The fourth-order valence-corrected chi connectivity index (χ4v) is 5.76. The maximum atomic E-state index is 15.2. The summed E-state index contributed by atoms with van der Waals surface area (Å²) < 4.78 is 36.3. The summed E-state index contributed by atoms with van der Waals surface area (Å²) >= 11 is 6.56. The molecule has 0 N–H and O–H groups in total. The van der Waals surface area contributed by atoms with Crippen molar-refractivity contribution in [3.05, 3.63) is 64.3 Å². The lowest BCUT2D eigenvalue weighted by molar-refractivity contribution is -0.178. The molecule has 9 heteroatoms. The lowest BCUT2D eigenvalue weighted by Crippen LogP contribution is -2.60. The Bertz CT molecular complexity index is 1420. The number of ether oxygens (including phenoxy) is 1. The topological polar surface area (TPSA) is 62.7 Å². The first-order valence-electron chi connectivity index (χ1n) is 12.5. The molecule has 3 fully saturated rings. The number of pyridine rings is 1. The number of halogens is 3. The number of benzene rings is 2. The molecule has 6 nitrogen and oxygen atoms in total.